The molecule has 21 heavy (non-hydrogen) atoms. The van der Waals surface area contributed by atoms with Gasteiger partial charge in [0.05, 0.1) is 6.54 Å². The van der Waals surface area contributed by atoms with Crippen LogP contribution in [0.1, 0.15) is 29.2 Å². The van der Waals surface area contributed by atoms with Gasteiger partial charge in [0.15, 0.2) is 0 Å². The molecule has 1 atom stereocenters. The van der Waals surface area contributed by atoms with E-state index in [1.54, 1.807) is 0 Å². The van der Waals surface area contributed by atoms with E-state index in [9.17, 15) is 19.2 Å². The van der Waals surface area contributed by atoms with Crippen molar-refractivity contribution >= 4 is 23.8 Å². The standard InChI is InChI=1S/C12H13N3O6/c16-9-4-2-7(10(17)15-9)14-12(20)13-5-6-1-3-8(21-6)11(18)19/h1,3,7H,2,4-5H2,(H,18,19)(H2,13,14,20)(H,15,16,17). The number of carboxylic acid groups (broad SMARTS) is 1. The van der Waals surface area contributed by atoms with E-state index in [-0.39, 0.29) is 36.8 Å². The van der Waals surface area contributed by atoms with E-state index >= 15 is 0 Å². The van der Waals surface area contributed by atoms with E-state index in [1.807, 2.05) is 0 Å². The average Bonchev–Trinajstić information content (AvgIpc) is 2.89. The molecule has 2 rings (SSSR count). The summed E-state index contributed by atoms with van der Waals surface area (Å²) in [6.45, 7) is -0.0214. The number of carbonyl (C=O) groups is 4. The third kappa shape index (κ3) is 3.81. The molecule has 1 fully saturated rings. The second-order valence-corrected chi connectivity index (χ2v) is 4.40. The third-order valence-electron chi connectivity index (χ3n) is 2.84. The molecule has 1 aliphatic rings. The number of hydrogen-bond donors (Lipinski definition) is 4. The number of carbonyl (C=O) groups excluding carboxylic acids is 3. The molecule has 1 unspecified atom stereocenters. The van der Waals surface area contributed by atoms with Gasteiger partial charge in [0.25, 0.3) is 0 Å². The lowest BCUT2D eigenvalue weighted by Crippen LogP contribution is -2.54. The van der Waals surface area contributed by atoms with Crippen LogP contribution in [0.4, 0.5) is 4.79 Å². The minimum absolute atomic E-state index is 0.0214. The van der Waals surface area contributed by atoms with Gasteiger partial charge >= 0.3 is 12.0 Å². The van der Waals surface area contributed by atoms with Gasteiger partial charge in [-0.15, -0.1) is 0 Å². The van der Waals surface area contributed by atoms with E-state index in [0.717, 1.165) is 0 Å². The summed E-state index contributed by atoms with van der Waals surface area (Å²) in [5.41, 5.74) is 0. The molecule has 0 aliphatic carbocycles. The molecule has 9 nitrogen and oxygen atoms in total. The van der Waals surface area contributed by atoms with Crippen molar-refractivity contribution in [1.29, 1.82) is 0 Å². The van der Waals surface area contributed by atoms with Crippen LogP contribution in [0, 0.1) is 0 Å². The second-order valence-electron chi connectivity index (χ2n) is 4.40. The van der Waals surface area contributed by atoms with Crippen LogP contribution in [-0.4, -0.2) is 35.0 Å². The minimum Gasteiger partial charge on any atom is -0.475 e. The molecule has 0 radical (unpaired) electrons. The van der Waals surface area contributed by atoms with Gasteiger partial charge in [0, 0.05) is 6.42 Å². The molecule has 1 saturated heterocycles. The summed E-state index contributed by atoms with van der Waals surface area (Å²) in [6.07, 6.45) is 0.402. The van der Waals surface area contributed by atoms with E-state index in [2.05, 4.69) is 16.0 Å². The first-order chi connectivity index (χ1) is 9.95. The van der Waals surface area contributed by atoms with Gasteiger partial charge in [0.1, 0.15) is 11.8 Å². The molecule has 0 saturated carbocycles. The monoisotopic (exact) mass is 295 g/mol. The molecule has 112 valence electrons. The highest BCUT2D eigenvalue weighted by Crippen LogP contribution is 2.07. The van der Waals surface area contributed by atoms with Crippen molar-refractivity contribution in [1.82, 2.24) is 16.0 Å². The first-order valence-electron chi connectivity index (χ1n) is 6.16. The number of carboxylic acids is 1. The van der Waals surface area contributed by atoms with Gasteiger partial charge < -0.3 is 20.2 Å². The molecule has 0 aromatic carbocycles. The molecular weight excluding hydrogens is 282 g/mol. The van der Waals surface area contributed by atoms with Crippen molar-refractivity contribution in [3.8, 4) is 0 Å². The van der Waals surface area contributed by atoms with Gasteiger partial charge in [-0.3, -0.25) is 14.9 Å². The van der Waals surface area contributed by atoms with Crippen LogP contribution in [0.25, 0.3) is 0 Å². The minimum atomic E-state index is -1.20. The van der Waals surface area contributed by atoms with Gasteiger partial charge in [-0.25, -0.2) is 9.59 Å². The molecule has 0 bridgehead atoms. The number of imide groups is 1. The first-order valence-corrected chi connectivity index (χ1v) is 6.16. The average molecular weight is 295 g/mol. The van der Waals surface area contributed by atoms with Gasteiger partial charge in [-0.2, -0.15) is 0 Å². The van der Waals surface area contributed by atoms with Crippen molar-refractivity contribution in [2.45, 2.75) is 25.4 Å². The number of furan rings is 1. The fraction of sp³-hybridized carbons (Fsp3) is 0.333. The molecule has 1 aliphatic heterocycles. The van der Waals surface area contributed by atoms with Gasteiger partial charge in [-0.1, -0.05) is 0 Å². The zero-order valence-electron chi connectivity index (χ0n) is 10.8. The summed E-state index contributed by atoms with van der Waals surface area (Å²) in [5, 5.41) is 15.6. The van der Waals surface area contributed by atoms with Crippen molar-refractivity contribution < 1.29 is 28.7 Å². The van der Waals surface area contributed by atoms with Crippen molar-refractivity contribution in [3.63, 3.8) is 0 Å². The Morgan fingerprint density at radius 2 is 2.14 bits per heavy atom. The Labute approximate surface area is 118 Å². The van der Waals surface area contributed by atoms with Crippen LogP contribution in [0.5, 0.6) is 0 Å². The molecule has 1 aromatic heterocycles. The van der Waals surface area contributed by atoms with Gasteiger partial charge in [-0.05, 0) is 18.6 Å². The number of piperidine rings is 1. The number of hydrogen-bond acceptors (Lipinski definition) is 5. The highest BCUT2D eigenvalue weighted by molar-refractivity contribution is 6.01. The van der Waals surface area contributed by atoms with E-state index in [0.29, 0.717) is 0 Å². The third-order valence-corrected chi connectivity index (χ3v) is 2.84. The van der Waals surface area contributed by atoms with E-state index in [1.165, 1.54) is 12.1 Å². The Kier molecular flexibility index (Phi) is 4.21. The highest BCUT2D eigenvalue weighted by Gasteiger charge is 2.27. The quantitative estimate of drug-likeness (QED) is 0.557. The van der Waals surface area contributed by atoms with E-state index < -0.39 is 23.9 Å². The Hall–Kier alpha value is -2.84. The number of amides is 4. The topological polar surface area (TPSA) is 138 Å². The maximum absolute atomic E-state index is 11.6. The lowest BCUT2D eigenvalue weighted by Gasteiger charge is -2.21. The van der Waals surface area contributed by atoms with Crippen LogP contribution in [0.15, 0.2) is 16.5 Å². The first kappa shape index (κ1) is 14.6. The van der Waals surface area contributed by atoms with E-state index in [4.69, 9.17) is 9.52 Å². The molecule has 4 amide bonds. The van der Waals surface area contributed by atoms with Crippen molar-refractivity contribution in [3.05, 3.63) is 23.7 Å². The Morgan fingerprint density at radius 3 is 2.76 bits per heavy atom. The predicted octanol–water partition coefficient (Wildman–Crippen LogP) is -0.418. The molecule has 9 heteroatoms. The largest absolute Gasteiger partial charge is 0.475 e. The second kappa shape index (κ2) is 6.07. The van der Waals surface area contributed by atoms with Gasteiger partial charge in [0.2, 0.25) is 17.6 Å². The molecule has 0 spiro atoms. The lowest BCUT2D eigenvalue weighted by molar-refractivity contribution is -0.134. The maximum Gasteiger partial charge on any atom is 0.371 e. The number of nitrogens with one attached hydrogen (secondary N) is 3. The Bertz CT molecular complexity index is 594. The number of urea groups is 1. The zero-order valence-corrected chi connectivity index (χ0v) is 10.8. The molecule has 2 heterocycles. The lowest BCUT2D eigenvalue weighted by atomic mass is 10.1. The summed E-state index contributed by atoms with van der Waals surface area (Å²) >= 11 is 0. The van der Waals surface area contributed by atoms with Crippen LogP contribution >= 0.6 is 0 Å². The Balaban J connectivity index is 1.80. The van der Waals surface area contributed by atoms with Crippen LogP contribution in [0.2, 0.25) is 0 Å². The molecule has 1 aromatic rings. The zero-order chi connectivity index (χ0) is 15.4. The van der Waals surface area contributed by atoms with Crippen LogP contribution < -0.4 is 16.0 Å². The fourth-order valence-corrected chi connectivity index (χ4v) is 1.80. The highest BCUT2D eigenvalue weighted by atomic mass is 16.4. The normalized spacial score (nSPS) is 18.0. The molecular formula is C12H13N3O6. The van der Waals surface area contributed by atoms with Crippen LogP contribution in [0.3, 0.4) is 0 Å². The summed E-state index contributed by atoms with van der Waals surface area (Å²) in [5.74, 6) is -2.07. The number of rotatable bonds is 4. The fourth-order valence-electron chi connectivity index (χ4n) is 1.80. The van der Waals surface area contributed by atoms with Crippen molar-refractivity contribution in [2.24, 2.45) is 0 Å². The summed E-state index contributed by atoms with van der Waals surface area (Å²) in [7, 11) is 0. The van der Waals surface area contributed by atoms with Crippen LogP contribution in [-0.2, 0) is 16.1 Å². The SMILES string of the molecule is O=C1CCC(NC(=O)NCc2ccc(C(=O)O)o2)C(=O)N1. The Morgan fingerprint density at radius 1 is 1.38 bits per heavy atom. The maximum atomic E-state index is 11.6. The summed E-state index contributed by atoms with van der Waals surface area (Å²) in [6, 6.07) is 1.32. The smallest absolute Gasteiger partial charge is 0.371 e. The molecule has 4 N–H and O–H groups in total. The number of aromatic carboxylic acids is 1. The predicted molar refractivity (Wildman–Crippen MR) is 67.2 cm³/mol. The summed E-state index contributed by atoms with van der Waals surface area (Å²) in [4.78, 5) is 44.6. The summed E-state index contributed by atoms with van der Waals surface area (Å²) < 4.78 is 4.95. The van der Waals surface area contributed by atoms with Crippen molar-refractivity contribution in [2.75, 3.05) is 0 Å².